The van der Waals surface area contributed by atoms with Gasteiger partial charge in [0.2, 0.25) is 0 Å². The first-order chi connectivity index (χ1) is 15.6. The van der Waals surface area contributed by atoms with Crippen LogP contribution in [0.25, 0.3) is 22.3 Å². The summed E-state index contributed by atoms with van der Waals surface area (Å²) in [6.45, 7) is 6.40. The Morgan fingerprint density at radius 2 is 2.09 bits per heavy atom. The molecule has 0 spiro atoms. The van der Waals surface area contributed by atoms with Crippen molar-refractivity contribution in [2.24, 2.45) is 0 Å². The van der Waals surface area contributed by atoms with Crippen molar-refractivity contribution in [1.82, 2.24) is 19.7 Å². The molecular formula is C23H27N5O4. The van der Waals surface area contributed by atoms with Gasteiger partial charge in [0.05, 0.1) is 30.5 Å². The summed E-state index contributed by atoms with van der Waals surface area (Å²) in [4.78, 5) is 24.1. The van der Waals surface area contributed by atoms with Gasteiger partial charge in [-0.3, -0.25) is 4.98 Å². The molecule has 5 rings (SSSR count). The van der Waals surface area contributed by atoms with Crippen molar-refractivity contribution in [3.8, 4) is 11.4 Å². The molecule has 32 heavy (non-hydrogen) atoms. The summed E-state index contributed by atoms with van der Waals surface area (Å²) in [6, 6.07) is 3.71. The number of morpholine rings is 1. The van der Waals surface area contributed by atoms with E-state index in [1.807, 2.05) is 17.7 Å². The molecule has 2 fully saturated rings. The maximum atomic E-state index is 12.3. The van der Waals surface area contributed by atoms with Gasteiger partial charge in [0.1, 0.15) is 17.0 Å². The van der Waals surface area contributed by atoms with Crippen LogP contribution in [-0.2, 0) is 9.47 Å². The Labute approximate surface area is 186 Å². The zero-order valence-corrected chi connectivity index (χ0v) is 18.3. The number of ether oxygens (including phenoxy) is 2. The van der Waals surface area contributed by atoms with Crippen LogP contribution in [0.5, 0.6) is 0 Å². The van der Waals surface area contributed by atoms with Crippen molar-refractivity contribution in [3.05, 3.63) is 35.7 Å². The molecule has 0 radical (unpaired) electrons. The van der Waals surface area contributed by atoms with Gasteiger partial charge in [-0.1, -0.05) is 0 Å². The van der Waals surface area contributed by atoms with Crippen molar-refractivity contribution in [1.29, 1.82) is 0 Å². The lowest BCUT2D eigenvalue weighted by Crippen LogP contribution is -2.44. The van der Waals surface area contributed by atoms with Crippen LogP contribution in [0, 0.1) is 6.92 Å². The van der Waals surface area contributed by atoms with E-state index in [-0.39, 0.29) is 17.8 Å². The van der Waals surface area contributed by atoms with E-state index < -0.39 is 5.97 Å². The molecule has 0 saturated carbocycles. The lowest BCUT2D eigenvalue weighted by molar-refractivity contribution is -0.0383. The Bertz CT molecular complexity index is 1150. The van der Waals surface area contributed by atoms with E-state index >= 15 is 0 Å². The number of pyridine rings is 2. The molecule has 9 heteroatoms. The van der Waals surface area contributed by atoms with E-state index in [1.165, 1.54) is 0 Å². The average molecular weight is 438 g/mol. The monoisotopic (exact) mass is 437 g/mol. The molecular weight excluding hydrogens is 410 g/mol. The Hall–Kier alpha value is -3.04. The minimum absolute atomic E-state index is 0.0929. The number of rotatable bonds is 4. The van der Waals surface area contributed by atoms with Gasteiger partial charge in [-0.2, -0.15) is 5.10 Å². The summed E-state index contributed by atoms with van der Waals surface area (Å²) in [6.07, 6.45) is 6.21. The highest BCUT2D eigenvalue weighted by atomic mass is 16.5. The number of hydrogen-bond acceptors (Lipinski definition) is 7. The zero-order chi connectivity index (χ0) is 22.2. The number of aromatic carboxylic acids is 1. The maximum Gasteiger partial charge on any atom is 0.336 e. The number of carbonyl (C=O) groups is 1. The summed E-state index contributed by atoms with van der Waals surface area (Å²) in [7, 11) is 0. The molecule has 2 aliphatic rings. The van der Waals surface area contributed by atoms with Crippen LogP contribution < -0.4 is 4.90 Å². The van der Waals surface area contributed by atoms with E-state index in [0.29, 0.717) is 54.3 Å². The zero-order valence-electron chi connectivity index (χ0n) is 18.3. The van der Waals surface area contributed by atoms with Crippen molar-refractivity contribution in [3.63, 3.8) is 0 Å². The molecule has 3 aromatic rings. The molecule has 168 valence electrons. The van der Waals surface area contributed by atoms with E-state index in [2.05, 4.69) is 21.9 Å². The van der Waals surface area contributed by atoms with Gasteiger partial charge in [-0.15, -0.1) is 0 Å². The number of anilines is 1. The third-order valence-corrected chi connectivity index (χ3v) is 6.32. The molecule has 3 aromatic heterocycles. The normalized spacial score (nSPS) is 21.8. The second kappa shape index (κ2) is 8.48. The Morgan fingerprint density at radius 3 is 2.84 bits per heavy atom. The van der Waals surface area contributed by atoms with Crippen LogP contribution in [0.15, 0.2) is 24.5 Å². The quantitative estimate of drug-likeness (QED) is 0.662. The summed E-state index contributed by atoms with van der Waals surface area (Å²) >= 11 is 0. The second-order valence-electron chi connectivity index (χ2n) is 8.40. The Morgan fingerprint density at radius 1 is 1.22 bits per heavy atom. The third kappa shape index (κ3) is 3.51. The van der Waals surface area contributed by atoms with Crippen molar-refractivity contribution in [2.75, 3.05) is 31.3 Å². The minimum atomic E-state index is -0.974. The first-order valence-corrected chi connectivity index (χ1v) is 11.1. The van der Waals surface area contributed by atoms with Gasteiger partial charge in [0.25, 0.3) is 0 Å². The number of aromatic nitrogens is 4. The van der Waals surface area contributed by atoms with E-state index in [9.17, 15) is 9.90 Å². The number of carboxylic acids is 1. The van der Waals surface area contributed by atoms with Gasteiger partial charge in [-0.25, -0.2) is 14.5 Å². The number of nitrogens with zero attached hydrogens (tertiary/aromatic N) is 5. The summed E-state index contributed by atoms with van der Waals surface area (Å²) in [5.74, 6) is -0.307. The van der Waals surface area contributed by atoms with Gasteiger partial charge in [0.15, 0.2) is 6.23 Å². The molecule has 2 aliphatic heterocycles. The van der Waals surface area contributed by atoms with Crippen LogP contribution in [0.2, 0.25) is 0 Å². The van der Waals surface area contributed by atoms with Crippen LogP contribution in [0.4, 0.5) is 5.82 Å². The molecule has 9 nitrogen and oxygen atoms in total. The van der Waals surface area contributed by atoms with Gasteiger partial charge in [0, 0.05) is 36.5 Å². The largest absolute Gasteiger partial charge is 0.478 e. The first-order valence-electron chi connectivity index (χ1n) is 11.1. The molecule has 0 bridgehead atoms. The molecule has 2 saturated heterocycles. The fourth-order valence-corrected chi connectivity index (χ4v) is 4.70. The van der Waals surface area contributed by atoms with E-state index in [0.717, 1.165) is 25.0 Å². The topological polar surface area (TPSA) is 103 Å². The highest BCUT2D eigenvalue weighted by Crippen LogP contribution is 2.35. The smallest absolute Gasteiger partial charge is 0.336 e. The van der Waals surface area contributed by atoms with Crippen LogP contribution >= 0.6 is 0 Å². The lowest BCUT2D eigenvalue weighted by Gasteiger charge is -2.35. The predicted molar refractivity (Wildman–Crippen MR) is 119 cm³/mol. The maximum absolute atomic E-state index is 12.3. The lowest BCUT2D eigenvalue weighted by atomic mass is 10.0. The number of hydrogen-bond donors (Lipinski definition) is 1. The highest BCUT2D eigenvalue weighted by molar-refractivity contribution is 6.08. The van der Waals surface area contributed by atoms with Gasteiger partial charge >= 0.3 is 5.97 Å². The fraction of sp³-hybridized carbons (Fsp3) is 0.478. The molecule has 5 heterocycles. The van der Waals surface area contributed by atoms with E-state index in [1.54, 1.807) is 18.5 Å². The van der Waals surface area contributed by atoms with Crippen LogP contribution in [0.3, 0.4) is 0 Å². The second-order valence-corrected chi connectivity index (χ2v) is 8.40. The standard InChI is InChI=1S/C23H27N5O4/c1-14-13-31-12-10-27(14)22-15(2)19(23(29)30)16-6-8-24-21(20(16)26-22)17-7-9-25-28(17)18-5-3-4-11-32-18/h6-9,14,18H,3-5,10-13H2,1-2H3,(H,29,30)/t14-,18?/m1/s1. The number of fused-ring (bicyclic) bond motifs is 1. The molecule has 2 atom stereocenters. The van der Waals surface area contributed by atoms with Crippen LogP contribution in [0.1, 0.15) is 48.3 Å². The van der Waals surface area contributed by atoms with Crippen molar-refractivity contribution >= 4 is 22.7 Å². The first kappa shape index (κ1) is 20.8. The predicted octanol–water partition coefficient (Wildman–Crippen LogP) is 3.42. The molecule has 0 aliphatic carbocycles. The third-order valence-electron chi connectivity index (χ3n) is 6.32. The average Bonchev–Trinajstić information content (AvgIpc) is 3.29. The summed E-state index contributed by atoms with van der Waals surface area (Å²) in [5, 5.41) is 15.2. The van der Waals surface area contributed by atoms with Gasteiger partial charge in [-0.05, 0) is 45.2 Å². The molecule has 0 amide bonds. The number of carboxylic acid groups (broad SMARTS) is 1. The SMILES string of the molecule is Cc1c(N2CCOC[C@H]2C)nc2c(-c3ccnn3C3CCCCO3)nccc2c1C(=O)O. The Balaban J connectivity index is 1.72. The summed E-state index contributed by atoms with van der Waals surface area (Å²) < 4.78 is 13.4. The van der Waals surface area contributed by atoms with Crippen LogP contribution in [-0.4, -0.2) is 63.2 Å². The van der Waals surface area contributed by atoms with E-state index in [4.69, 9.17) is 14.5 Å². The minimum Gasteiger partial charge on any atom is -0.478 e. The molecule has 1 unspecified atom stereocenters. The fourth-order valence-electron chi connectivity index (χ4n) is 4.70. The van der Waals surface area contributed by atoms with Crippen molar-refractivity contribution in [2.45, 2.75) is 45.4 Å². The Kier molecular flexibility index (Phi) is 5.52. The summed E-state index contributed by atoms with van der Waals surface area (Å²) in [5.41, 5.74) is 2.85. The molecule has 0 aromatic carbocycles. The van der Waals surface area contributed by atoms with Gasteiger partial charge < -0.3 is 19.5 Å². The highest BCUT2D eigenvalue weighted by Gasteiger charge is 2.28. The molecule has 1 N–H and O–H groups in total. The van der Waals surface area contributed by atoms with Crippen molar-refractivity contribution < 1.29 is 19.4 Å².